The Balaban J connectivity index is 1.57. The maximum Gasteiger partial charge on any atom is 0.328 e. The van der Waals surface area contributed by atoms with Crippen LogP contribution in [0.15, 0.2) is 52.2 Å². The number of hydrogen-bond acceptors (Lipinski definition) is 5. The highest BCUT2D eigenvalue weighted by molar-refractivity contribution is 7.89. The van der Waals surface area contributed by atoms with E-state index in [2.05, 4.69) is 0 Å². The lowest BCUT2D eigenvalue weighted by Gasteiger charge is -2.39. The quantitative estimate of drug-likeness (QED) is 0.512. The summed E-state index contributed by atoms with van der Waals surface area (Å²) >= 11 is 0. The topological polar surface area (TPSA) is 93.9 Å². The first-order valence-electron chi connectivity index (χ1n) is 12.9. The molecule has 2 aliphatic rings. The average Bonchev–Trinajstić information content (AvgIpc) is 3.11. The second kappa shape index (κ2) is 9.98. The van der Waals surface area contributed by atoms with Gasteiger partial charge in [-0.3, -0.25) is 13.9 Å². The standard InChI is InChI=1S/C27H34N4O5S/c1-28-16-8-9-17-31(37(34,35)19-14-15-21-23(18-19)30(3)27(33)29(21)2)22-11-5-7-13-25(22)36-24-12-6-4-10-20(24)26(28)32/h4,6,10,12,14-15,18,22,25H,5,7-9,11,13,16-17H2,1-3H3/t22-,25+/m1/s1. The molecule has 0 spiro atoms. The largest absolute Gasteiger partial charge is 0.488 e. The van der Waals surface area contributed by atoms with Crippen molar-refractivity contribution in [2.45, 2.75) is 55.6 Å². The van der Waals surface area contributed by atoms with Crippen LogP contribution in [0.2, 0.25) is 0 Å². The Morgan fingerprint density at radius 3 is 2.35 bits per heavy atom. The number of carbonyl (C=O) groups excluding carboxylic acids is 1. The molecule has 5 rings (SSSR count). The monoisotopic (exact) mass is 526 g/mol. The van der Waals surface area contributed by atoms with E-state index in [0.29, 0.717) is 61.1 Å². The van der Waals surface area contributed by atoms with Gasteiger partial charge in [-0.15, -0.1) is 0 Å². The molecule has 2 heterocycles. The molecule has 1 fully saturated rings. The van der Waals surface area contributed by atoms with Crippen molar-refractivity contribution in [1.82, 2.24) is 18.3 Å². The van der Waals surface area contributed by atoms with E-state index in [-0.39, 0.29) is 28.6 Å². The summed E-state index contributed by atoms with van der Waals surface area (Å²) in [6, 6.07) is 11.8. The fraction of sp³-hybridized carbons (Fsp3) is 0.481. The summed E-state index contributed by atoms with van der Waals surface area (Å²) in [5, 5.41) is 0. The van der Waals surface area contributed by atoms with Crippen molar-refractivity contribution >= 4 is 27.0 Å². The van der Waals surface area contributed by atoms with Gasteiger partial charge in [0.1, 0.15) is 11.9 Å². The van der Waals surface area contributed by atoms with Crippen LogP contribution < -0.4 is 10.4 Å². The van der Waals surface area contributed by atoms with Crippen LogP contribution in [0.1, 0.15) is 48.9 Å². The number of aromatic nitrogens is 2. The van der Waals surface area contributed by atoms with Crippen molar-refractivity contribution in [3.63, 3.8) is 0 Å². The lowest BCUT2D eigenvalue weighted by atomic mass is 9.92. The van der Waals surface area contributed by atoms with Crippen LogP contribution in [0.5, 0.6) is 5.75 Å². The van der Waals surface area contributed by atoms with E-state index in [0.717, 1.165) is 12.8 Å². The summed E-state index contributed by atoms with van der Waals surface area (Å²) in [7, 11) is 1.21. The van der Waals surface area contributed by atoms with Crippen LogP contribution in [0.4, 0.5) is 0 Å². The average molecular weight is 527 g/mol. The maximum absolute atomic E-state index is 14.2. The molecule has 198 valence electrons. The zero-order valence-electron chi connectivity index (χ0n) is 21.6. The number of hydrogen-bond donors (Lipinski definition) is 0. The van der Waals surface area contributed by atoms with Crippen molar-refractivity contribution in [2.75, 3.05) is 20.1 Å². The zero-order chi connectivity index (χ0) is 26.3. The number of rotatable bonds is 2. The second-order valence-electron chi connectivity index (χ2n) is 10.1. The normalized spacial score (nSPS) is 22.0. The smallest absolute Gasteiger partial charge is 0.328 e. The minimum absolute atomic E-state index is 0.0882. The van der Waals surface area contributed by atoms with E-state index in [1.54, 1.807) is 60.7 Å². The number of benzene rings is 2. The number of carbonyl (C=O) groups is 1. The van der Waals surface area contributed by atoms with Crippen molar-refractivity contribution in [3.8, 4) is 5.75 Å². The molecule has 0 unspecified atom stereocenters. The van der Waals surface area contributed by atoms with Gasteiger partial charge in [0, 0.05) is 34.2 Å². The Morgan fingerprint density at radius 1 is 0.838 bits per heavy atom. The van der Waals surface area contributed by atoms with Gasteiger partial charge in [-0.1, -0.05) is 18.6 Å². The summed E-state index contributed by atoms with van der Waals surface area (Å²) in [5.74, 6) is 0.407. The molecule has 0 radical (unpaired) electrons. The number of aryl methyl sites for hydroxylation is 2. The molecule has 0 bridgehead atoms. The molecule has 0 N–H and O–H groups in total. The maximum atomic E-state index is 14.2. The lowest BCUT2D eigenvalue weighted by molar-refractivity contribution is 0.0658. The first kappa shape index (κ1) is 25.5. The van der Waals surface area contributed by atoms with E-state index in [9.17, 15) is 18.0 Å². The van der Waals surface area contributed by atoms with Crippen molar-refractivity contribution in [1.29, 1.82) is 0 Å². The van der Waals surface area contributed by atoms with Gasteiger partial charge in [0.15, 0.2) is 0 Å². The Labute approximate surface area is 217 Å². The van der Waals surface area contributed by atoms with Crippen LogP contribution >= 0.6 is 0 Å². The van der Waals surface area contributed by atoms with Gasteiger partial charge in [0.25, 0.3) is 5.91 Å². The third-order valence-electron chi connectivity index (χ3n) is 7.75. The van der Waals surface area contributed by atoms with Crippen LogP contribution in [0, 0.1) is 0 Å². The number of amides is 1. The van der Waals surface area contributed by atoms with Crippen LogP contribution in [0.3, 0.4) is 0 Å². The van der Waals surface area contributed by atoms with Gasteiger partial charge in [0.2, 0.25) is 10.0 Å². The second-order valence-corrected chi connectivity index (χ2v) is 12.0. The number of imidazole rings is 1. The van der Waals surface area contributed by atoms with Gasteiger partial charge in [-0.25, -0.2) is 13.2 Å². The first-order chi connectivity index (χ1) is 17.7. The van der Waals surface area contributed by atoms with Crippen molar-refractivity contribution in [2.24, 2.45) is 14.1 Å². The Kier molecular flexibility index (Phi) is 6.89. The predicted molar refractivity (Wildman–Crippen MR) is 141 cm³/mol. The lowest BCUT2D eigenvalue weighted by Crippen LogP contribution is -2.51. The molecule has 1 amide bonds. The van der Waals surface area contributed by atoms with Crippen LogP contribution in [-0.4, -0.2) is 64.9 Å². The Morgan fingerprint density at radius 2 is 1.54 bits per heavy atom. The molecular weight excluding hydrogens is 492 g/mol. The third kappa shape index (κ3) is 4.57. The first-order valence-corrected chi connectivity index (χ1v) is 14.3. The predicted octanol–water partition coefficient (Wildman–Crippen LogP) is 3.12. The minimum atomic E-state index is -3.89. The molecular formula is C27H34N4O5S. The molecule has 37 heavy (non-hydrogen) atoms. The fourth-order valence-electron chi connectivity index (χ4n) is 5.62. The van der Waals surface area contributed by atoms with Gasteiger partial charge in [-0.2, -0.15) is 4.31 Å². The molecule has 2 aromatic carbocycles. The molecule has 0 saturated heterocycles. The number of para-hydroxylation sites is 1. The van der Waals surface area contributed by atoms with Crippen molar-refractivity contribution < 1.29 is 17.9 Å². The van der Waals surface area contributed by atoms with Gasteiger partial charge in [0.05, 0.1) is 27.5 Å². The van der Waals surface area contributed by atoms with E-state index in [4.69, 9.17) is 4.74 Å². The summed E-state index contributed by atoms with van der Waals surface area (Å²) in [5.41, 5.74) is 1.56. The summed E-state index contributed by atoms with van der Waals surface area (Å²) in [6.07, 6.45) is 4.17. The molecule has 1 saturated carbocycles. The Bertz CT molecular complexity index is 1490. The number of fused-ring (bicyclic) bond motifs is 3. The highest BCUT2D eigenvalue weighted by Crippen LogP contribution is 2.33. The van der Waals surface area contributed by atoms with E-state index < -0.39 is 10.0 Å². The minimum Gasteiger partial charge on any atom is -0.488 e. The van der Waals surface area contributed by atoms with Crippen LogP contribution in [0.25, 0.3) is 11.0 Å². The number of ether oxygens (including phenoxy) is 1. The highest BCUT2D eigenvalue weighted by atomic mass is 32.2. The zero-order valence-corrected chi connectivity index (χ0v) is 22.4. The molecule has 1 aromatic heterocycles. The molecule has 9 nitrogen and oxygen atoms in total. The summed E-state index contributed by atoms with van der Waals surface area (Å²) in [4.78, 5) is 27.4. The summed E-state index contributed by atoms with van der Waals surface area (Å²) < 4.78 is 39.4. The van der Waals surface area contributed by atoms with Crippen molar-refractivity contribution in [3.05, 3.63) is 58.5 Å². The van der Waals surface area contributed by atoms with Crippen LogP contribution in [-0.2, 0) is 24.1 Å². The SMILES string of the molecule is CN1CCCCN(S(=O)(=O)c2ccc3c(c2)n(C)c(=O)n3C)[C@@H]2CCCC[C@@H]2Oc2ccccc2C1=O. The summed E-state index contributed by atoms with van der Waals surface area (Å²) in [6.45, 7) is 0.857. The Hall–Kier alpha value is -3.11. The highest BCUT2D eigenvalue weighted by Gasteiger charge is 2.39. The number of nitrogens with zero attached hydrogens (tertiary/aromatic N) is 4. The molecule has 1 aliphatic carbocycles. The van der Waals surface area contributed by atoms with E-state index in [1.807, 2.05) is 12.1 Å². The van der Waals surface area contributed by atoms with Gasteiger partial charge >= 0.3 is 5.69 Å². The van der Waals surface area contributed by atoms with E-state index >= 15 is 0 Å². The number of sulfonamides is 1. The molecule has 10 heteroatoms. The molecule has 2 atom stereocenters. The third-order valence-corrected chi connectivity index (χ3v) is 9.67. The molecule has 3 aromatic rings. The van der Waals surface area contributed by atoms with Gasteiger partial charge < -0.3 is 9.64 Å². The van der Waals surface area contributed by atoms with E-state index in [1.165, 1.54) is 9.13 Å². The molecule has 1 aliphatic heterocycles. The fourth-order valence-corrected chi connectivity index (χ4v) is 7.36. The van der Waals surface area contributed by atoms with Gasteiger partial charge in [-0.05, 0) is 62.4 Å².